The number of ether oxygens (including phenoxy) is 4. The van der Waals surface area contributed by atoms with Crippen molar-refractivity contribution in [1.29, 1.82) is 0 Å². The number of carbonyl (C=O) groups is 2. The molecule has 3 rings (SSSR count). The summed E-state index contributed by atoms with van der Waals surface area (Å²) in [4.78, 5) is 26.9. The lowest BCUT2D eigenvalue weighted by Gasteiger charge is -2.26. The molecule has 0 saturated heterocycles. The van der Waals surface area contributed by atoms with Gasteiger partial charge in [-0.25, -0.2) is 13.2 Å². The molecule has 0 aliphatic carbocycles. The number of methoxy groups -OCH3 is 3. The standard InChI is InChI=1S/C28H28F3NO6/c1-28(2,3)38-24(33)15-32(27(34)25-20(30)13-18(29)14-21(25)31)19-9-7-8-16(10-19)17-11-22(35-4)26(37-6)23(12-17)36-5/h7-14H,15H2,1-6H3. The Hall–Kier alpha value is -4.21. The quantitative estimate of drug-likeness (QED) is 0.343. The summed E-state index contributed by atoms with van der Waals surface area (Å²) < 4.78 is 64.1. The number of carbonyl (C=O) groups excluding carboxylic acids is 2. The monoisotopic (exact) mass is 531 g/mol. The number of rotatable bonds is 8. The number of anilines is 1. The average Bonchev–Trinajstić information content (AvgIpc) is 2.84. The van der Waals surface area contributed by atoms with Crippen molar-refractivity contribution in [2.75, 3.05) is 32.8 Å². The van der Waals surface area contributed by atoms with Crippen LogP contribution in [0.2, 0.25) is 0 Å². The number of amides is 1. The first-order valence-corrected chi connectivity index (χ1v) is 11.5. The van der Waals surface area contributed by atoms with E-state index in [4.69, 9.17) is 18.9 Å². The highest BCUT2D eigenvalue weighted by Crippen LogP contribution is 2.41. The molecule has 0 radical (unpaired) electrons. The van der Waals surface area contributed by atoms with E-state index < -0.39 is 47.0 Å². The van der Waals surface area contributed by atoms with Crippen LogP contribution in [0.1, 0.15) is 31.1 Å². The Morgan fingerprint density at radius 1 is 0.816 bits per heavy atom. The number of halogens is 3. The summed E-state index contributed by atoms with van der Waals surface area (Å²) in [6.45, 7) is 4.26. The summed E-state index contributed by atoms with van der Waals surface area (Å²) >= 11 is 0. The van der Waals surface area contributed by atoms with Gasteiger partial charge in [-0.2, -0.15) is 0 Å². The first-order chi connectivity index (χ1) is 17.9. The summed E-state index contributed by atoms with van der Waals surface area (Å²) in [5, 5.41) is 0. The number of benzene rings is 3. The minimum absolute atomic E-state index is 0.134. The lowest BCUT2D eigenvalue weighted by atomic mass is 10.0. The van der Waals surface area contributed by atoms with Crippen molar-refractivity contribution < 1.29 is 41.7 Å². The van der Waals surface area contributed by atoms with Crippen LogP contribution in [0.5, 0.6) is 17.2 Å². The van der Waals surface area contributed by atoms with Gasteiger partial charge in [0, 0.05) is 17.8 Å². The Morgan fingerprint density at radius 2 is 1.39 bits per heavy atom. The van der Waals surface area contributed by atoms with E-state index >= 15 is 0 Å². The molecule has 0 heterocycles. The number of esters is 1. The highest BCUT2D eigenvalue weighted by molar-refractivity contribution is 6.09. The molecule has 0 aliphatic heterocycles. The van der Waals surface area contributed by atoms with Gasteiger partial charge in [-0.3, -0.25) is 14.5 Å². The van der Waals surface area contributed by atoms with Crippen LogP contribution in [0.15, 0.2) is 48.5 Å². The van der Waals surface area contributed by atoms with Gasteiger partial charge in [0.2, 0.25) is 5.75 Å². The van der Waals surface area contributed by atoms with E-state index in [0.717, 1.165) is 4.90 Å². The van der Waals surface area contributed by atoms with Gasteiger partial charge in [-0.15, -0.1) is 0 Å². The normalized spacial score (nSPS) is 11.1. The predicted octanol–water partition coefficient (Wildman–Crippen LogP) is 5.79. The SMILES string of the molecule is COc1cc(-c2cccc(N(CC(=O)OC(C)(C)C)C(=O)c3c(F)cc(F)cc3F)c2)cc(OC)c1OC. The Morgan fingerprint density at radius 3 is 1.89 bits per heavy atom. The first kappa shape index (κ1) is 28.4. The fourth-order valence-corrected chi connectivity index (χ4v) is 3.77. The summed E-state index contributed by atoms with van der Waals surface area (Å²) in [5.74, 6) is -4.85. The highest BCUT2D eigenvalue weighted by atomic mass is 19.1. The summed E-state index contributed by atoms with van der Waals surface area (Å²) in [6, 6.07) is 10.5. The minimum Gasteiger partial charge on any atom is -0.493 e. The van der Waals surface area contributed by atoms with Crippen LogP contribution in [0.3, 0.4) is 0 Å². The van der Waals surface area contributed by atoms with Crippen LogP contribution in [0, 0.1) is 17.5 Å². The molecule has 38 heavy (non-hydrogen) atoms. The molecule has 0 aromatic heterocycles. The van der Waals surface area contributed by atoms with Crippen LogP contribution in [0.4, 0.5) is 18.9 Å². The maximum atomic E-state index is 14.5. The highest BCUT2D eigenvalue weighted by Gasteiger charge is 2.29. The molecular formula is C28H28F3NO6. The topological polar surface area (TPSA) is 74.3 Å². The van der Waals surface area contributed by atoms with Gasteiger partial charge in [-0.1, -0.05) is 12.1 Å². The molecular weight excluding hydrogens is 503 g/mol. The maximum absolute atomic E-state index is 14.5. The summed E-state index contributed by atoms with van der Waals surface area (Å²) in [7, 11) is 4.39. The zero-order chi connectivity index (χ0) is 28.2. The Balaban J connectivity index is 2.13. The van der Waals surface area contributed by atoms with Crippen LogP contribution in [-0.2, 0) is 9.53 Å². The number of hydrogen-bond donors (Lipinski definition) is 0. The van der Waals surface area contributed by atoms with Crippen LogP contribution < -0.4 is 19.1 Å². The average molecular weight is 532 g/mol. The van der Waals surface area contributed by atoms with E-state index in [-0.39, 0.29) is 5.69 Å². The van der Waals surface area contributed by atoms with Gasteiger partial charge in [0.15, 0.2) is 11.5 Å². The predicted molar refractivity (Wildman–Crippen MR) is 135 cm³/mol. The molecule has 202 valence electrons. The van der Waals surface area contributed by atoms with E-state index in [2.05, 4.69) is 0 Å². The van der Waals surface area contributed by atoms with Gasteiger partial charge in [0.05, 0.1) is 21.3 Å². The molecule has 0 atom stereocenters. The van der Waals surface area contributed by atoms with Gasteiger partial charge in [0.1, 0.15) is 35.2 Å². The van der Waals surface area contributed by atoms with Crippen LogP contribution in [0.25, 0.3) is 11.1 Å². The van der Waals surface area contributed by atoms with E-state index in [9.17, 15) is 22.8 Å². The van der Waals surface area contributed by atoms with Crippen molar-refractivity contribution in [3.63, 3.8) is 0 Å². The second-order valence-corrected chi connectivity index (χ2v) is 9.19. The largest absolute Gasteiger partial charge is 0.493 e. The lowest BCUT2D eigenvalue weighted by molar-refractivity contribution is -0.152. The Labute approximate surface area is 218 Å². The second-order valence-electron chi connectivity index (χ2n) is 9.19. The molecule has 0 aliphatic rings. The zero-order valence-corrected chi connectivity index (χ0v) is 21.9. The molecule has 0 saturated carbocycles. The first-order valence-electron chi connectivity index (χ1n) is 11.5. The third kappa shape index (κ3) is 6.37. The summed E-state index contributed by atoms with van der Waals surface area (Å²) in [6.07, 6.45) is 0. The van der Waals surface area contributed by atoms with Crippen molar-refractivity contribution in [2.24, 2.45) is 0 Å². The maximum Gasteiger partial charge on any atom is 0.326 e. The van der Waals surface area contributed by atoms with E-state index in [1.807, 2.05) is 0 Å². The number of hydrogen-bond acceptors (Lipinski definition) is 6. The molecule has 3 aromatic carbocycles. The second kappa shape index (κ2) is 11.5. The molecule has 10 heteroatoms. The zero-order valence-electron chi connectivity index (χ0n) is 21.9. The fraction of sp³-hybridized carbons (Fsp3) is 0.286. The van der Waals surface area contributed by atoms with Crippen LogP contribution in [-0.4, -0.2) is 45.4 Å². The number of nitrogens with zero attached hydrogens (tertiary/aromatic N) is 1. The lowest BCUT2D eigenvalue weighted by Crippen LogP contribution is -2.39. The minimum atomic E-state index is -1.40. The Bertz CT molecular complexity index is 1300. The fourth-order valence-electron chi connectivity index (χ4n) is 3.77. The van der Waals surface area contributed by atoms with Crippen LogP contribution >= 0.6 is 0 Å². The summed E-state index contributed by atoms with van der Waals surface area (Å²) in [5.41, 5.74) is -0.590. The molecule has 0 fully saturated rings. The van der Waals surface area contributed by atoms with Gasteiger partial charge < -0.3 is 18.9 Å². The third-order valence-electron chi connectivity index (χ3n) is 5.33. The Kier molecular flexibility index (Phi) is 8.55. The molecule has 0 bridgehead atoms. The van der Waals surface area contributed by atoms with Gasteiger partial charge in [0.25, 0.3) is 5.91 Å². The molecule has 0 unspecified atom stereocenters. The van der Waals surface area contributed by atoms with E-state index in [0.29, 0.717) is 40.5 Å². The van der Waals surface area contributed by atoms with Crippen molar-refractivity contribution in [3.05, 3.63) is 71.5 Å². The smallest absolute Gasteiger partial charge is 0.326 e. The van der Waals surface area contributed by atoms with Gasteiger partial charge >= 0.3 is 5.97 Å². The molecule has 0 spiro atoms. The molecule has 3 aromatic rings. The van der Waals surface area contributed by atoms with Crippen molar-refractivity contribution >= 4 is 17.6 Å². The van der Waals surface area contributed by atoms with Crippen molar-refractivity contribution in [1.82, 2.24) is 0 Å². The van der Waals surface area contributed by atoms with Gasteiger partial charge in [-0.05, 0) is 56.2 Å². The van der Waals surface area contributed by atoms with E-state index in [1.165, 1.54) is 27.4 Å². The molecule has 1 amide bonds. The van der Waals surface area contributed by atoms with E-state index in [1.54, 1.807) is 51.1 Å². The van der Waals surface area contributed by atoms with Crippen molar-refractivity contribution in [2.45, 2.75) is 26.4 Å². The molecule has 0 N–H and O–H groups in total. The molecule has 7 nitrogen and oxygen atoms in total. The van der Waals surface area contributed by atoms with Crippen molar-refractivity contribution in [3.8, 4) is 28.4 Å². The third-order valence-corrected chi connectivity index (χ3v) is 5.33.